The molecule has 1 rings (SSSR count). The minimum absolute atomic E-state index is 0.0145. The van der Waals surface area contributed by atoms with Gasteiger partial charge in [-0.25, -0.2) is 8.78 Å². The van der Waals surface area contributed by atoms with E-state index in [2.05, 4.69) is 0 Å². The van der Waals surface area contributed by atoms with E-state index in [0.717, 1.165) is 12.5 Å². The van der Waals surface area contributed by atoms with Crippen molar-refractivity contribution in [3.8, 4) is 0 Å². The number of hydrogen-bond donors (Lipinski definition) is 0. The highest BCUT2D eigenvalue weighted by Gasteiger charge is 2.23. The van der Waals surface area contributed by atoms with Crippen LogP contribution >= 0.6 is 11.6 Å². The standard InChI is InChI=1S/C9H9ClF2/c1-9(11,12)8-4-2-3-7(5-8)6-10/h2-5H,6H2,1H3. The molecule has 0 N–H and O–H groups in total. The van der Waals surface area contributed by atoms with Gasteiger partial charge in [0.2, 0.25) is 0 Å². The molecule has 12 heavy (non-hydrogen) atoms. The Morgan fingerprint density at radius 3 is 2.58 bits per heavy atom. The third-order valence-electron chi connectivity index (χ3n) is 1.59. The Bertz CT molecular complexity index is 265. The molecule has 0 aliphatic rings. The molecule has 1 aromatic rings. The predicted octanol–water partition coefficient (Wildman–Crippen LogP) is 3.54. The number of rotatable bonds is 2. The maximum atomic E-state index is 12.7. The summed E-state index contributed by atoms with van der Waals surface area (Å²) in [5, 5.41) is 0. The second kappa shape index (κ2) is 3.40. The van der Waals surface area contributed by atoms with E-state index in [1.807, 2.05) is 0 Å². The van der Waals surface area contributed by atoms with Crippen molar-refractivity contribution in [1.29, 1.82) is 0 Å². The third-order valence-corrected chi connectivity index (χ3v) is 1.90. The molecule has 0 aromatic heterocycles. The summed E-state index contributed by atoms with van der Waals surface area (Å²) in [5.74, 6) is -2.51. The zero-order valence-electron chi connectivity index (χ0n) is 6.65. The molecule has 0 aliphatic carbocycles. The maximum Gasteiger partial charge on any atom is 0.270 e. The number of alkyl halides is 3. The Kier molecular flexibility index (Phi) is 2.68. The van der Waals surface area contributed by atoms with Crippen molar-refractivity contribution >= 4 is 11.6 Å². The van der Waals surface area contributed by atoms with Crippen LogP contribution in [0.25, 0.3) is 0 Å². The Labute approximate surface area is 75.2 Å². The summed E-state index contributed by atoms with van der Waals surface area (Å²) in [6.07, 6.45) is 0. The Balaban J connectivity index is 3.02. The van der Waals surface area contributed by atoms with Gasteiger partial charge in [0.25, 0.3) is 5.92 Å². The van der Waals surface area contributed by atoms with Crippen molar-refractivity contribution in [3.63, 3.8) is 0 Å². The molecule has 0 heterocycles. The summed E-state index contributed by atoms with van der Waals surface area (Å²) in [7, 11) is 0. The van der Waals surface area contributed by atoms with E-state index in [4.69, 9.17) is 11.6 Å². The zero-order valence-corrected chi connectivity index (χ0v) is 7.41. The summed E-state index contributed by atoms with van der Waals surface area (Å²) in [6.45, 7) is 0.875. The molecule has 0 saturated heterocycles. The first-order valence-corrected chi connectivity index (χ1v) is 4.10. The zero-order chi connectivity index (χ0) is 9.19. The lowest BCUT2D eigenvalue weighted by Gasteiger charge is -2.10. The van der Waals surface area contributed by atoms with Crippen LogP contribution in [-0.4, -0.2) is 0 Å². The fraction of sp³-hybridized carbons (Fsp3) is 0.333. The first-order valence-electron chi connectivity index (χ1n) is 3.57. The molecule has 0 amide bonds. The average molecular weight is 191 g/mol. The molecule has 0 unspecified atom stereocenters. The number of halogens is 3. The molecule has 0 bridgehead atoms. The van der Waals surface area contributed by atoms with E-state index < -0.39 is 5.92 Å². The van der Waals surface area contributed by atoms with Gasteiger partial charge in [-0.1, -0.05) is 18.2 Å². The van der Waals surface area contributed by atoms with Crippen LogP contribution < -0.4 is 0 Å². The van der Waals surface area contributed by atoms with Crippen molar-refractivity contribution < 1.29 is 8.78 Å². The minimum Gasteiger partial charge on any atom is -0.202 e. The highest BCUT2D eigenvalue weighted by atomic mass is 35.5. The van der Waals surface area contributed by atoms with Gasteiger partial charge >= 0.3 is 0 Å². The van der Waals surface area contributed by atoms with Gasteiger partial charge in [0.15, 0.2) is 0 Å². The van der Waals surface area contributed by atoms with E-state index >= 15 is 0 Å². The van der Waals surface area contributed by atoms with Gasteiger partial charge in [0.1, 0.15) is 0 Å². The van der Waals surface area contributed by atoms with Gasteiger partial charge in [0.05, 0.1) is 0 Å². The van der Waals surface area contributed by atoms with Crippen molar-refractivity contribution in [2.75, 3.05) is 0 Å². The second-order valence-corrected chi connectivity index (χ2v) is 2.99. The van der Waals surface area contributed by atoms with E-state index in [1.165, 1.54) is 12.1 Å². The fourth-order valence-corrected chi connectivity index (χ4v) is 1.09. The van der Waals surface area contributed by atoms with Crippen LogP contribution in [0.15, 0.2) is 24.3 Å². The molecule has 0 nitrogen and oxygen atoms in total. The average Bonchev–Trinajstić information content (AvgIpc) is 2.03. The molecule has 1 aromatic carbocycles. The van der Waals surface area contributed by atoms with Gasteiger partial charge in [-0.05, 0) is 11.6 Å². The van der Waals surface area contributed by atoms with Gasteiger partial charge in [-0.3, -0.25) is 0 Å². The van der Waals surface area contributed by atoms with Gasteiger partial charge < -0.3 is 0 Å². The van der Waals surface area contributed by atoms with Crippen molar-refractivity contribution in [1.82, 2.24) is 0 Å². The Hall–Kier alpha value is -0.630. The SMILES string of the molecule is CC(F)(F)c1cccc(CCl)c1. The first-order chi connectivity index (χ1) is 5.54. The normalized spacial score (nSPS) is 11.7. The summed E-state index contributed by atoms with van der Waals surface area (Å²) >= 11 is 5.50. The quantitative estimate of drug-likeness (QED) is 0.626. The van der Waals surface area contributed by atoms with Gasteiger partial charge in [-0.15, -0.1) is 11.6 Å². The molecule has 0 spiro atoms. The van der Waals surface area contributed by atoms with Crippen LogP contribution in [0.5, 0.6) is 0 Å². The fourth-order valence-electron chi connectivity index (χ4n) is 0.928. The third kappa shape index (κ3) is 2.18. The van der Waals surface area contributed by atoms with Crippen LogP contribution in [-0.2, 0) is 11.8 Å². The van der Waals surface area contributed by atoms with E-state index in [0.29, 0.717) is 0 Å². The molecule has 66 valence electrons. The topological polar surface area (TPSA) is 0 Å². The lowest BCUT2D eigenvalue weighted by Crippen LogP contribution is -2.06. The predicted molar refractivity (Wildman–Crippen MR) is 45.6 cm³/mol. The smallest absolute Gasteiger partial charge is 0.202 e. The monoisotopic (exact) mass is 190 g/mol. The highest BCUT2D eigenvalue weighted by molar-refractivity contribution is 6.17. The molecule has 0 saturated carbocycles. The Morgan fingerprint density at radius 2 is 2.08 bits per heavy atom. The largest absolute Gasteiger partial charge is 0.270 e. The van der Waals surface area contributed by atoms with Crippen molar-refractivity contribution in [2.45, 2.75) is 18.7 Å². The lowest BCUT2D eigenvalue weighted by molar-refractivity contribution is 0.0174. The molecule has 0 atom stereocenters. The molecular weight excluding hydrogens is 182 g/mol. The highest BCUT2D eigenvalue weighted by Crippen LogP contribution is 2.27. The van der Waals surface area contributed by atoms with Crippen LogP contribution in [0.4, 0.5) is 8.78 Å². The summed E-state index contributed by atoms with van der Waals surface area (Å²) in [6, 6.07) is 6.13. The summed E-state index contributed by atoms with van der Waals surface area (Å²) in [4.78, 5) is 0. The van der Waals surface area contributed by atoms with Crippen LogP contribution in [0.3, 0.4) is 0 Å². The Morgan fingerprint density at radius 1 is 1.42 bits per heavy atom. The lowest BCUT2D eigenvalue weighted by atomic mass is 10.1. The summed E-state index contributed by atoms with van der Waals surface area (Å²) < 4.78 is 25.5. The van der Waals surface area contributed by atoms with Crippen LogP contribution in [0.1, 0.15) is 18.1 Å². The van der Waals surface area contributed by atoms with Crippen LogP contribution in [0, 0.1) is 0 Å². The van der Waals surface area contributed by atoms with Crippen LogP contribution in [0.2, 0.25) is 0 Å². The van der Waals surface area contributed by atoms with E-state index in [1.54, 1.807) is 12.1 Å². The number of benzene rings is 1. The summed E-state index contributed by atoms with van der Waals surface area (Å²) in [5.41, 5.74) is 0.733. The van der Waals surface area contributed by atoms with Gasteiger partial charge in [0, 0.05) is 18.4 Å². The molecule has 0 radical (unpaired) electrons. The molecule has 3 heteroatoms. The first kappa shape index (κ1) is 9.46. The van der Waals surface area contributed by atoms with E-state index in [-0.39, 0.29) is 11.4 Å². The number of hydrogen-bond acceptors (Lipinski definition) is 0. The van der Waals surface area contributed by atoms with Crippen molar-refractivity contribution in [3.05, 3.63) is 35.4 Å². The molecule has 0 fully saturated rings. The van der Waals surface area contributed by atoms with Gasteiger partial charge in [-0.2, -0.15) is 0 Å². The molecular formula is C9H9ClF2. The second-order valence-electron chi connectivity index (χ2n) is 2.72. The minimum atomic E-state index is -2.78. The molecule has 0 aliphatic heterocycles. The van der Waals surface area contributed by atoms with Crippen molar-refractivity contribution in [2.24, 2.45) is 0 Å². The van der Waals surface area contributed by atoms with E-state index in [9.17, 15) is 8.78 Å². The maximum absolute atomic E-state index is 12.7.